The second kappa shape index (κ2) is 10.5. The fourth-order valence-corrected chi connectivity index (χ4v) is 5.31. The maximum Gasteiger partial charge on any atom is 0.322 e. The minimum Gasteiger partial charge on any atom is -0.376 e. The highest BCUT2D eigenvalue weighted by Gasteiger charge is 2.46. The van der Waals surface area contributed by atoms with E-state index in [1.54, 1.807) is 9.80 Å². The third-order valence-corrected chi connectivity index (χ3v) is 7.18. The summed E-state index contributed by atoms with van der Waals surface area (Å²) in [4.78, 5) is 43.7. The molecule has 3 atom stereocenters. The van der Waals surface area contributed by atoms with Crippen molar-refractivity contribution in [2.24, 2.45) is 0 Å². The van der Waals surface area contributed by atoms with Crippen molar-refractivity contribution in [2.75, 3.05) is 26.2 Å². The predicted molar refractivity (Wildman–Crippen MR) is 135 cm³/mol. The zero-order valence-corrected chi connectivity index (χ0v) is 20.5. The van der Waals surface area contributed by atoms with E-state index in [0.29, 0.717) is 37.4 Å². The van der Waals surface area contributed by atoms with Gasteiger partial charge in [0.2, 0.25) is 5.91 Å². The van der Waals surface area contributed by atoms with E-state index in [1.807, 2.05) is 67.6 Å². The van der Waals surface area contributed by atoms with E-state index < -0.39 is 12.1 Å². The zero-order chi connectivity index (χ0) is 25.1. The Morgan fingerprint density at radius 3 is 2.50 bits per heavy atom. The van der Waals surface area contributed by atoms with Gasteiger partial charge in [-0.1, -0.05) is 60.7 Å². The molecule has 8 nitrogen and oxygen atoms in total. The third kappa shape index (κ3) is 4.73. The van der Waals surface area contributed by atoms with Gasteiger partial charge in [-0.25, -0.2) is 4.79 Å². The molecule has 3 aliphatic heterocycles. The first-order chi connectivity index (χ1) is 17.6. The van der Waals surface area contributed by atoms with Crippen LogP contribution in [0.3, 0.4) is 0 Å². The average Bonchev–Trinajstić information content (AvgIpc) is 3.55. The molecule has 2 N–H and O–H groups in total. The summed E-state index contributed by atoms with van der Waals surface area (Å²) in [5.74, 6) is -0.424. The molecule has 3 aliphatic rings. The predicted octanol–water partition coefficient (Wildman–Crippen LogP) is 2.78. The molecule has 0 radical (unpaired) electrons. The van der Waals surface area contributed by atoms with Crippen molar-refractivity contribution in [3.05, 3.63) is 83.1 Å². The molecule has 3 heterocycles. The molecule has 4 amide bonds. The summed E-state index contributed by atoms with van der Waals surface area (Å²) in [7, 11) is 0. The summed E-state index contributed by atoms with van der Waals surface area (Å²) in [6, 6.07) is 17.7. The fraction of sp³-hybridized carbons (Fsp3) is 0.393. The molecule has 8 heteroatoms. The maximum absolute atomic E-state index is 14.0. The number of rotatable bonds is 8. The van der Waals surface area contributed by atoms with Crippen molar-refractivity contribution in [3.63, 3.8) is 0 Å². The van der Waals surface area contributed by atoms with E-state index in [4.69, 9.17) is 4.74 Å². The van der Waals surface area contributed by atoms with Crippen LogP contribution in [-0.2, 0) is 20.7 Å². The Balaban J connectivity index is 1.45. The van der Waals surface area contributed by atoms with Gasteiger partial charge in [0.25, 0.3) is 5.91 Å². The molecule has 188 valence electrons. The van der Waals surface area contributed by atoms with Crippen molar-refractivity contribution in [1.82, 2.24) is 20.4 Å². The molecule has 36 heavy (non-hydrogen) atoms. The van der Waals surface area contributed by atoms with Gasteiger partial charge in [-0.3, -0.25) is 14.5 Å². The highest BCUT2D eigenvalue weighted by molar-refractivity contribution is 6.03. The van der Waals surface area contributed by atoms with Crippen LogP contribution in [0.4, 0.5) is 4.79 Å². The Hall–Kier alpha value is -3.65. The van der Waals surface area contributed by atoms with Crippen LogP contribution in [0.2, 0.25) is 0 Å². The van der Waals surface area contributed by atoms with Crippen LogP contribution in [0.25, 0.3) is 0 Å². The van der Waals surface area contributed by atoms with Gasteiger partial charge in [-0.05, 0) is 30.9 Å². The average molecular weight is 489 g/mol. The number of carbonyl (C=O) groups is 3. The van der Waals surface area contributed by atoms with E-state index >= 15 is 0 Å². The number of carbonyl (C=O) groups excluding carboxylic acids is 3. The quantitative estimate of drug-likeness (QED) is 0.598. The van der Waals surface area contributed by atoms with E-state index in [2.05, 4.69) is 10.6 Å². The lowest BCUT2D eigenvalue weighted by Crippen LogP contribution is -2.51. The molecule has 1 fully saturated rings. The highest BCUT2D eigenvalue weighted by Crippen LogP contribution is 2.37. The summed E-state index contributed by atoms with van der Waals surface area (Å²) < 4.78 is 5.67. The Bertz CT molecular complexity index is 1140. The molecule has 0 unspecified atom stereocenters. The molecule has 5 rings (SSSR count). The minimum absolute atomic E-state index is 0.00630. The SMILES string of the molecule is CCN1C(=O)N[C@H](c2ccccc2)C2=C1CN([C@@H](Cc1ccccc1)C(=O)NC[C@@H]1CCCO1)C2=O. The monoisotopic (exact) mass is 488 g/mol. The first kappa shape index (κ1) is 24.1. The number of hydrogen-bond donors (Lipinski definition) is 2. The van der Waals surface area contributed by atoms with Crippen molar-refractivity contribution >= 4 is 17.8 Å². The van der Waals surface area contributed by atoms with Crippen LogP contribution < -0.4 is 10.6 Å². The molecule has 2 aromatic rings. The number of likely N-dealkylation sites (N-methyl/N-ethyl adjacent to an activating group) is 1. The molecule has 0 saturated carbocycles. The van der Waals surface area contributed by atoms with Crippen molar-refractivity contribution in [1.29, 1.82) is 0 Å². The smallest absolute Gasteiger partial charge is 0.322 e. The van der Waals surface area contributed by atoms with Gasteiger partial charge < -0.3 is 20.3 Å². The van der Waals surface area contributed by atoms with Gasteiger partial charge in [0.05, 0.1) is 30.0 Å². The maximum atomic E-state index is 14.0. The standard InChI is InChI=1S/C28H32N4O4/c1-2-31-23-18-32(27(34)24(23)25(30-28(31)35)20-12-7-4-8-13-20)22(16-19-10-5-3-6-11-19)26(33)29-17-21-14-9-15-36-21/h3-8,10-13,21-22,25H,2,9,14-18H2,1H3,(H,29,33)(H,30,35)/t21-,22-,25+/m0/s1. The lowest BCUT2D eigenvalue weighted by atomic mass is 9.95. The van der Waals surface area contributed by atoms with Crippen molar-refractivity contribution < 1.29 is 19.1 Å². The van der Waals surface area contributed by atoms with E-state index in [0.717, 1.165) is 24.0 Å². The van der Waals surface area contributed by atoms with Gasteiger partial charge in [-0.2, -0.15) is 0 Å². The first-order valence-corrected chi connectivity index (χ1v) is 12.7. The van der Waals surface area contributed by atoms with Crippen LogP contribution >= 0.6 is 0 Å². The van der Waals surface area contributed by atoms with Gasteiger partial charge in [0.1, 0.15) is 6.04 Å². The Kier molecular flexibility index (Phi) is 7.04. The van der Waals surface area contributed by atoms with Gasteiger partial charge >= 0.3 is 6.03 Å². The number of nitrogens with one attached hydrogen (secondary N) is 2. The number of urea groups is 1. The fourth-order valence-electron chi connectivity index (χ4n) is 5.31. The first-order valence-electron chi connectivity index (χ1n) is 12.7. The Labute approximate surface area is 211 Å². The second-order valence-corrected chi connectivity index (χ2v) is 9.42. The molecule has 0 spiro atoms. The lowest BCUT2D eigenvalue weighted by molar-refractivity contribution is -0.136. The van der Waals surface area contributed by atoms with E-state index in [1.165, 1.54) is 0 Å². The summed E-state index contributed by atoms with van der Waals surface area (Å²) in [5, 5.41) is 6.03. The second-order valence-electron chi connectivity index (χ2n) is 9.42. The van der Waals surface area contributed by atoms with Crippen molar-refractivity contribution in [2.45, 2.75) is 44.4 Å². The Morgan fingerprint density at radius 2 is 1.83 bits per heavy atom. The molecule has 0 aliphatic carbocycles. The van der Waals surface area contributed by atoms with Crippen LogP contribution in [0, 0.1) is 0 Å². The zero-order valence-electron chi connectivity index (χ0n) is 20.5. The molecular formula is C28H32N4O4. The molecular weight excluding hydrogens is 456 g/mol. The molecule has 0 aromatic heterocycles. The summed E-state index contributed by atoms with van der Waals surface area (Å²) in [6.45, 7) is 3.67. The molecule has 0 bridgehead atoms. The summed E-state index contributed by atoms with van der Waals surface area (Å²) in [6.07, 6.45) is 2.30. The van der Waals surface area contributed by atoms with Crippen LogP contribution in [0.15, 0.2) is 71.9 Å². The highest BCUT2D eigenvalue weighted by atomic mass is 16.5. The van der Waals surface area contributed by atoms with Crippen molar-refractivity contribution in [3.8, 4) is 0 Å². The summed E-state index contributed by atoms with van der Waals surface area (Å²) >= 11 is 0. The lowest BCUT2D eigenvalue weighted by Gasteiger charge is -2.32. The third-order valence-electron chi connectivity index (χ3n) is 7.18. The van der Waals surface area contributed by atoms with Gasteiger partial charge in [-0.15, -0.1) is 0 Å². The Morgan fingerprint density at radius 1 is 1.11 bits per heavy atom. The van der Waals surface area contributed by atoms with Crippen LogP contribution in [-0.4, -0.2) is 66.0 Å². The number of benzene rings is 2. The van der Waals surface area contributed by atoms with E-state index in [-0.39, 0.29) is 30.5 Å². The number of ether oxygens (including phenoxy) is 1. The number of hydrogen-bond acceptors (Lipinski definition) is 4. The number of amides is 4. The number of nitrogens with zero attached hydrogens (tertiary/aromatic N) is 2. The minimum atomic E-state index is -0.711. The molecule has 1 saturated heterocycles. The normalized spacial score (nSPS) is 22.5. The van der Waals surface area contributed by atoms with Gasteiger partial charge in [0.15, 0.2) is 0 Å². The van der Waals surface area contributed by atoms with Gasteiger partial charge in [0, 0.05) is 26.1 Å². The van der Waals surface area contributed by atoms with Crippen LogP contribution in [0.1, 0.15) is 36.9 Å². The summed E-state index contributed by atoms with van der Waals surface area (Å²) in [5.41, 5.74) is 3.01. The van der Waals surface area contributed by atoms with Crippen LogP contribution in [0.5, 0.6) is 0 Å². The topological polar surface area (TPSA) is 91.0 Å². The van der Waals surface area contributed by atoms with E-state index in [9.17, 15) is 14.4 Å². The molecule has 2 aromatic carbocycles. The largest absolute Gasteiger partial charge is 0.376 e.